The highest BCUT2D eigenvalue weighted by atomic mass is 15.3. The third-order valence-corrected chi connectivity index (χ3v) is 4.51. The number of rotatable bonds is 3. The minimum atomic E-state index is 0.104. The van der Waals surface area contributed by atoms with Gasteiger partial charge in [0, 0.05) is 37.3 Å². The number of piperidine rings is 1. The van der Waals surface area contributed by atoms with Gasteiger partial charge in [0.05, 0.1) is 5.69 Å². The number of aryl methyl sites for hydroxylation is 1. The van der Waals surface area contributed by atoms with Crippen molar-refractivity contribution in [1.82, 2.24) is 14.7 Å². The van der Waals surface area contributed by atoms with Crippen molar-refractivity contribution in [2.45, 2.75) is 46.1 Å². The van der Waals surface area contributed by atoms with Crippen LogP contribution in [0.25, 0.3) is 0 Å². The van der Waals surface area contributed by atoms with Gasteiger partial charge in [-0.05, 0) is 31.3 Å². The summed E-state index contributed by atoms with van der Waals surface area (Å²) in [4.78, 5) is 2.55. The zero-order chi connectivity index (χ0) is 14.9. The van der Waals surface area contributed by atoms with E-state index in [0.29, 0.717) is 5.92 Å². The molecular formula is C16H30N4. The van der Waals surface area contributed by atoms with E-state index in [-0.39, 0.29) is 5.41 Å². The molecule has 0 aromatic carbocycles. The van der Waals surface area contributed by atoms with Gasteiger partial charge in [0.2, 0.25) is 0 Å². The fourth-order valence-electron chi connectivity index (χ4n) is 3.20. The van der Waals surface area contributed by atoms with Crippen LogP contribution in [0.1, 0.15) is 45.4 Å². The first-order chi connectivity index (χ1) is 9.31. The van der Waals surface area contributed by atoms with E-state index < -0.39 is 0 Å². The first-order valence-corrected chi connectivity index (χ1v) is 7.76. The Morgan fingerprint density at radius 1 is 1.40 bits per heavy atom. The Bertz CT molecular complexity index is 444. The van der Waals surface area contributed by atoms with E-state index in [9.17, 15) is 0 Å². The van der Waals surface area contributed by atoms with Gasteiger partial charge in [-0.2, -0.15) is 5.10 Å². The molecule has 1 aromatic heterocycles. The lowest BCUT2D eigenvalue weighted by atomic mass is 9.86. The van der Waals surface area contributed by atoms with Crippen LogP contribution in [-0.4, -0.2) is 34.3 Å². The number of nitrogens with two attached hydrogens (primary N) is 1. The molecule has 2 unspecified atom stereocenters. The lowest BCUT2D eigenvalue weighted by molar-refractivity contribution is 0.125. The molecule has 2 atom stereocenters. The molecule has 0 radical (unpaired) electrons. The Morgan fingerprint density at radius 2 is 2.10 bits per heavy atom. The van der Waals surface area contributed by atoms with Gasteiger partial charge in [-0.1, -0.05) is 27.7 Å². The van der Waals surface area contributed by atoms with Crippen molar-refractivity contribution >= 4 is 0 Å². The molecule has 2 rings (SSSR count). The van der Waals surface area contributed by atoms with Crippen LogP contribution in [0.4, 0.5) is 0 Å². The number of aromatic nitrogens is 2. The van der Waals surface area contributed by atoms with Crippen LogP contribution >= 0.6 is 0 Å². The van der Waals surface area contributed by atoms with Gasteiger partial charge in [0.15, 0.2) is 0 Å². The van der Waals surface area contributed by atoms with Crippen LogP contribution in [0.5, 0.6) is 0 Å². The fraction of sp³-hybridized carbons (Fsp3) is 0.812. The van der Waals surface area contributed by atoms with Gasteiger partial charge in [-0.3, -0.25) is 9.58 Å². The van der Waals surface area contributed by atoms with E-state index in [1.165, 1.54) is 24.2 Å². The minimum Gasteiger partial charge on any atom is -0.330 e. The summed E-state index contributed by atoms with van der Waals surface area (Å²) in [6.07, 6.45) is 3.43. The molecule has 2 heterocycles. The highest BCUT2D eigenvalue weighted by Crippen LogP contribution is 2.28. The molecule has 114 valence electrons. The Labute approximate surface area is 123 Å². The zero-order valence-electron chi connectivity index (χ0n) is 13.7. The average Bonchev–Trinajstić information content (AvgIpc) is 2.72. The average molecular weight is 278 g/mol. The highest BCUT2D eigenvalue weighted by Gasteiger charge is 2.28. The van der Waals surface area contributed by atoms with Crippen LogP contribution in [0.3, 0.4) is 0 Å². The first kappa shape index (κ1) is 15.5. The zero-order valence-corrected chi connectivity index (χ0v) is 13.7. The normalized spacial score (nSPS) is 25.1. The van der Waals surface area contributed by atoms with Gasteiger partial charge < -0.3 is 5.73 Å². The smallest absolute Gasteiger partial charge is 0.0722 e. The second kappa shape index (κ2) is 5.86. The van der Waals surface area contributed by atoms with Crippen LogP contribution < -0.4 is 5.73 Å². The molecule has 0 spiro atoms. The summed E-state index contributed by atoms with van der Waals surface area (Å²) in [5, 5.41) is 4.67. The van der Waals surface area contributed by atoms with E-state index in [1.54, 1.807) is 0 Å². The highest BCUT2D eigenvalue weighted by molar-refractivity contribution is 5.24. The van der Waals surface area contributed by atoms with Crippen molar-refractivity contribution in [2.75, 3.05) is 19.6 Å². The molecule has 2 N–H and O–H groups in total. The second-order valence-electron chi connectivity index (χ2n) is 7.42. The Morgan fingerprint density at radius 3 is 2.70 bits per heavy atom. The summed E-state index contributed by atoms with van der Waals surface area (Å²) in [6, 6.07) is 0. The lowest BCUT2D eigenvalue weighted by Crippen LogP contribution is -2.42. The number of likely N-dealkylation sites (tertiary alicyclic amines) is 1. The van der Waals surface area contributed by atoms with Crippen molar-refractivity contribution in [1.29, 1.82) is 0 Å². The molecule has 0 saturated carbocycles. The first-order valence-electron chi connectivity index (χ1n) is 7.76. The maximum absolute atomic E-state index is 5.91. The lowest BCUT2D eigenvalue weighted by Gasteiger charge is -2.36. The van der Waals surface area contributed by atoms with E-state index in [2.05, 4.69) is 43.9 Å². The summed E-state index contributed by atoms with van der Waals surface area (Å²) >= 11 is 0. The van der Waals surface area contributed by atoms with Crippen molar-refractivity contribution < 1.29 is 0 Å². The van der Waals surface area contributed by atoms with Crippen molar-refractivity contribution in [3.8, 4) is 0 Å². The number of hydrogen-bond acceptors (Lipinski definition) is 3. The maximum Gasteiger partial charge on any atom is 0.0722 e. The summed E-state index contributed by atoms with van der Waals surface area (Å²) in [6.45, 7) is 13.1. The van der Waals surface area contributed by atoms with Crippen LogP contribution in [0.15, 0.2) is 6.20 Å². The van der Waals surface area contributed by atoms with Crippen LogP contribution in [-0.2, 0) is 19.0 Å². The maximum atomic E-state index is 5.91. The van der Waals surface area contributed by atoms with E-state index in [4.69, 9.17) is 5.73 Å². The largest absolute Gasteiger partial charge is 0.330 e. The van der Waals surface area contributed by atoms with Gasteiger partial charge in [-0.25, -0.2) is 0 Å². The summed E-state index contributed by atoms with van der Waals surface area (Å²) in [7, 11) is 2.01. The SMILES string of the molecule is CC1CCN(Cc2cn(C)nc2C(C)(C)C)CC1CN. The third-order valence-electron chi connectivity index (χ3n) is 4.51. The van der Waals surface area contributed by atoms with Gasteiger partial charge in [-0.15, -0.1) is 0 Å². The standard InChI is InChI=1S/C16H30N4/c1-12-6-7-20(10-13(12)8-17)11-14-9-19(5)18-15(14)16(2,3)4/h9,12-13H,6-8,10-11,17H2,1-5H3. The van der Waals surface area contributed by atoms with Gasteiger partial charge in [0.1, 0.15) is 0 Å². The molecule has 1 aliphatic heterocycles. The topological polar surface area (TPSA) is 47.1 Å². The van der Waals surface area contributed by atoms with Gasteiger partial charge >= 0.3 is 0 Å². The van der Waals surface area contributed by atoms with E-state index >= 15 is 0 Å². The molecule has 1 fully saturated rings. The summed E-state index contributed by atoms with van der Waals surface area (Å²) in [5.41, 5.74) is 8.60. The predicted molar refractivity (Wildman–Crippen MR) is 83.5 cm³/mol. The summed E-state index contributed by atoms with van der Waals surface area (Å²) < 4.78 is 1.95. The molecular weight excluding hydrogens is 248 g/mol. The monoisotopic (exact) mass is 278 g/mol. The molecule has 0 amide bonds. The number of nitrogens with zero attached hydrogens (tertiary/aromatic N) is 3. The molecule has 4 heteroatoms. The Hall–Kier alpha value is -0.870. The third kappa shape index (κ3) is 3.41. The predicted octanol–water partition coefficient (Wildman–Crippen LogP) is 2.13. The fourth-order valence-corrected chi connectivity index (χ4v) is 3.20. The molecule has 4 nitrogen and oxygen atoms in total. The molecule has 0 bridgehead atoms. The van der Waals surface area contributed by atoms with Crippen molar-refractivity contribution in [3.63, 3.8) is 0 Å². The van der Waals surface area contributed by atoms with Gasteiger partial charge in [0.25, 0.3) is 0 Å². The molecule has 0 aliphatic carbocycles. The van der Waals surface area contributed by atoms with Crippen molar-refractivity contribution in [3.05, 3.63) is 17.5 Å². The Balaban J connectivity index is 2.11. The van der Waals surface area contributed by atoms with E-state index in [1.807, 2.05) is 11.7 Å². The molecule has 1 aromatic rings. The van der Waals surface area contributed by atoms with Crippen LogP contribution in [0, 0.1) is 11.8 Å². The van der Waals surface area contributed by atoms with Crippen molar-refractivity contribution in [2.24, 2.45) is 24.6 Å². The quantitative estimate of drug-likeness (QED) is 0.921. The Kier molecular flexibility index (Phi) is 4.55. The minimum absolute atomic E-state index is 0.104. The second-order valence-corrected chi connectivity index (χ2v) is 7.42. The van der Waals surface area contributed by atoms with E-state index in [0.717, 1.165) is 25.6 Å². The van der Waals surface area contributed by atoms with Crippen LogP contribution in [0.2, 0.25) is 0 Å². The molecule has 1 saturated heterocycles. The summed E-state index contributed by atoms with van der Waals surface area (Å²) in [5.74, 6) is 1.39. The molecule has 1 aliphatic rings. The number of hydrogen-bond donors (Lipinski definition) is 1. The molecule has 20 heavy (non-hydrogen) atoms.